The van der Waals surface area contributed by atoms with E-state index in [2.05, 4.69) is 16.0 Å². The molecule has 0 bridgehead atoms. The summed E-state index contributed by atoms with van der Waals surface area (Å²) in [6.07, 6.45) is 5.95. The van der Waals surface area contributed by atoms with E-state index in [1.54, 1.807) is 7.11 Å². The molecule has 0 aliphatic carbocycles. The number of fused-ring (bicyclic) bond motifs is 1. The number of methoxy groups -OCH3 is 1. The molecule has 1 fully saturated rings. The maximum atomic E-state index is 13.1. The van der Waals surface area contributed by atoms with Gasteiger partial charge in [0.15, 0.2) is 5.78 Å². The second kappa shape index (κ2) is 7.25. The van der Waals surface area contributed by atoms with Crippen LogP contribution >= 0.6 is 0 Å². The van der Waals surface area contributed by atoms with E-state index >= 15 is 0 Å². The predicted molar refractivity (Wildman–Crippen MR) is 110 cm³/mol. The van der Waals surface area contributed by atoms with Crippen LogP contribution in [0.5, 0.6) is 5.75 Å². The average molecular weight is 358 g/mol. The summed E-state index contributed by atoms with van der Waals surface area (Å²) in [7, 11) is 3.69. The SMILES string of the molecule is COc1ccc(/C=C2\CN(C)C/C(=C\c3c[nH]c4ccccc34)C2=O)cc1. The fourth-order valence-electron chi connectivity index (χ4n) is 3.51. The number of nitrogens with one attached hydrogen (secondary N) is 1. The normalized spacial score (nSPS) is 18.5. The molecule has 2 aromatic carbocycles. The fourth-order valence-corrected chi connectivity index (χ4v) is 3.51. The number of nitrogens with zero attached hydrogens (tertiary/aromatic N) is 1. The molecule has 0 amide bonds. The van der Waals surface area contributed by atoms with Crippen molar-refractivity contribution in [1.82, 2.24) is 9.88 Å². The lowest BCUT2D eigenvalue weighted by molar-refractivity contribution is -0.113. The van der Waals surface area contributed by atoms with Crippen molar-refractivity contribution in [2.45, 2.75) is 0 Å². The van der Waals surface area contributed by atoms with Gasteiger partial charge >= 0.3 is 0 Å². The molecular formula is C23H22N2O2. The van der Waals surface area contributed by atoms with Crippen LogP contribution in [0.4, 0.5) is 0 Å². The molecule has 3 aromatic rings. The van der Waals surface area contributed by atoms with Crippen LogP contribution in [0.25, 0.3) is 23.1 Å². The van der Waals surface area contributed by atoms with Crippen molar-refractivity contribution in [3.63, 3.8) is 0 Å². The lowest BCUT2D eigenvalue weighted by Crippen LogP contribution is -2.34. The number of carbonyl (C=O) groups excluding carboxylic acids is 1. The number of likely N-dealkylation sites (N-methyl/N-ethyl adjacent to an activating group) is 1. The van der Waals surface area contributed by atoms with Gasteiger partial charge in [-0.05, 0) is 43.0 Å². The van der Waals surface area contributed by atoms with Crippen molar-refractivity contribution in [2.24, 2.45) is 0 Å². The lowest BCUT2D eigenvalue weighted by atomic mass is 9.94. The minimum Gasteiger partial charge on any atom is -0.497 e. The molecule has 4 heteroatoms. The van der Waals surface area contributed by atoms with E-state index in [-0.39, 0.29) is 5.78 Å². The number of para-hydroxylation sites is 1. The number of hydrogen-bond donors (Lipinski definition) is 1. The number of aromatic amines is 1. The molecule has 1 aliphatic heterocycles. The average Bonchev–Trinajstić information content (AvgIpc) is 3.09. The maximum absolute atomic E-state index is 13.1. The lowest BCUT2D eigenvalue weighted by Gasteiger charge is -2.26. The first-order valence-electron chi connectivity index (χ1n) is 8.98. The summed E-state index contributed by atoms with van der Waals surface area (Å²) in [6.45, 7) is 1.30. The fraction of sp³-hybridized carbons (Fsp3) is 0.174. The Morgan fingerprint density at radius 1 is 1.00 bits per heavy atom. The molecular weight excluding hydrogens is 336 g/mol. The largest absolute Gasteiger partial charge is 0.497 e. The van der Waals surface area contributed by atoms with Gasteiger partial charge in [-0.1, -0.05) is 30.3 Å². The summed E-state index contributed by atoms with van der Waals surface area (Å²) in [6, 6.07) is 15.9. The van der Waals surface area contributed by atoms with Crippen molar-refractivity contribution < 1.29 is 9.53 Å². The van der Waals surface area contributed by atoms with Gasteiger partial charge in [0.2, 0.25) is 0 Å². The third-order valence-electron chi connectivity index (χ3n) is 4.87. The van der Waals surface area contributed by atoms with Gasteiger partial charge in [-0.15, -0.1) is 0 Å². The Morgan fingerprint density at radius 2 is 1.70 bits per heavy atom. The number of ether oxygens (including phenoxy) is 1. The number of benzene rings is 2. The summed E-state index contributed by atoms with van der Waals surface area (Å²) < 4.78 is 5.20. The molecule has 0 saturated carbocycles. The van der Waals surface area contributed by atoms with Gasteiger partial charge in [-0.25, -0.2) is 0 Å². The zero-order chi connectivity index (χ0) is 18.8. The molecule has 27 heavy (non-hydrogen) atoms. The number of hydrogen-bond acceptors (Lipinski definition) is 3. The number of carbonyl (C=O) groups is 1. The smallest absolute Gasteiger partial charge is 0.187 e. The van der Waals surface area contributed by atoms with Gasteiger partial charge < -0.3 is 9.72 Å². The van der Waals surface area contributed by atoms with Crippen molar-refractivity contribution in [3.05, 3.63) is 77.0 Å². The highest BCUT2D eigenvalue weighted by Gasteiger charge is 2.24. The molecule has 1 aliphatic rings. The molecule has 0 atom stereocenters. The molecule has 4 rings (SSSR count). The summed E-state index contributed by atoms with van der Waals surface area (Å²) in [5, 5.41) is 1.13. The Hall–Kier alpha value is -3.11. The summed E-state index contributed by atoms with van der Waals surface area (Å²) >= 11 is 0. The van der Waals surface area contributed by atoms with Crippen LogP contribution in [0.1, 0.15) is 11.1 Å². The van der Waals surface area contributed by atoms with Crippen molar-refractivity contribution in [1.29, 1.82) is 0 Å². The van der Waals surface area contributed by atoms with Crippen molar-refractivity contribution >= 4 is 28.8 Å². The molecule has 2 heterocycles. The van der Waals surface area contributed by atoms with E-state index in [0.29, 0.717) is 13.1 Å². The van der Waals surface area contributed by atoms with Gasteiger partial charge in [0.25, 0.3) is 0 Å². The molecule has 136 valence electrons. The first-order chi connectivity index (χ1) is 13.1. The minimum absolute atomic E-state index is 0.120. The Kier molecular flexibility index (Phi) is 4.65. The number of H-pyrrole nitrogens is 1. The highest BCUT2D eigenvalue weighted by molar-refractivity contribution is 6.15. The molecule has 0 unspecified atom stereocenters. The second-order valence-corrected chi connectivity index (χ2v) is 6.90. The van der Waals surface area contributed by atoms with Crippen molar-refractivity contribution in [3.8, 4) is 5.75 Å². The molecule has 1 aromatic heterocycles. The summed E-state index contributed by atoms with van der Waals surface area (Å²) in [5.41, 5.74) is 4.75. The Balaban J connectivity index is 1.67. The third kappa shape index (κ3) is 3.57. The standard InChI is InChI=1S/C23H22N2O2/c1-25-14-18(11-16-7-9-20(27-2)10-8-16)23(26)19(15-25)12-17-13-24-22-6-4-3-5-21(17)22/h3-13,24H,14-15H2,1-2H3/b18-11+,19-12+. The number of rotatable bonds is 3. The van der Waals surface area contributed by atoms with E-state index in [1.807, 2.05) is 67.9 Å². The maximum Gasteiger partial charge on any atom is 0.187 e. The van der Waals surface area contributed by atoms with E-state index in [0.717, 1.165) is 38.9 Å². The van der Waals surface area contributed by atoms with Crippen LogP contribution in [-0.4, -0.2) is 42.9 Å². The Bertz CT molecular complexity index is 1040. The van der Waals surface area contributed by atoms with Crippen LogP contribution in [-0.2, 0) is 4.79 Å². The second-order valence-electron chi connectivity index (χ2n) is 6.90. The monoisotopic (exact) mass is 358 g/mol. The molecule has 0 spiro atoms. The van der Waals surface area contributed by atoms with Crippen LogP contribution in [0.3, 0.4) is 0 Å². The Labute approximate surface area is 158 Å². The topological polar surface area (TPSA) is 45.3 Å². The molecule has 1 saturated heterocycles. The number of ketones is 1. The van der Waals surface area contributed by atoms with Gasteiger partial charge in [-0.2, -0.15) is 0 Å². The van der Waals surface area contributed by atoms with Crippen molar-refractivity contribution in [2.75, 3.05) is 27.2 Å². The van der Waals surface area contributed by atoms with Crippen LogP contribution < -0.4 is 4.74 Å². The number of aromatic nitrogens is 1. The minimum atomic E-state index is 0.120. The van der Waals surface area contributed by atoms with Gasteiger partial charge in [-0.3, -0.25) is 9.69 Å². The predicted octanol–water partition coefficient (Wildman–Crippen LogP) is 4.16. The van der Waals surface area contributed by atoms with E-state index < -0.39 is 0 Å². The van der Waals surface area contributed by atoms with Gasteiger partial charge in [0.1, 0.15) is 5.75 Å². The highest BCUT2D eigenvalue weighted by Crippen LogP contribution is 2.25. The summed E-state index contributed by atoms with van der Waals surface area (Å²) in [4.78, 5) is 18.5. The van der Waals surface area contributed by atoms with Gasteiger partial charge in [0, 0.05) is 46.9 Å². The quantitative estimate of drug-likeness (QED) is 0.715. The van der Waals surface area contributed by atoms with E-state index in [1.165, 1.54) is 0 Å². The highest BCUT2D eigenvalue weighted by atomic mass is 16.5. The number of Topliss-reactive ketones (excluding diaryl/α,β-unsaturated/α-hetero) is 1. The van der Waals surface area contributed by atoms with E-state index in [9.17, 15) is 4.79 Å². The zero-order valence-electron chi connectivity index (χ0n) is 15.5. The molecule has 4 nitrogen and oxygen atoms in total. The number of likely N-dealkylation sites (tertiary alicyclic amines) is 1. The van der Waals surface area contributed by atoms with Crippen LogP contribution in [0, 0.1) is 0 Å². The third-order valence-corrected chi connectivity index (χ3v) is 4.87. The summed E-state index contributed by atoms with van der Waals surface area (Å²) in [5.74, 6) is 0.929. The Morgan fingerprint density at radius 3 is 2.44 bits per heavy atom. The first-order valence-corrected chi connectivity index (χ1v) is 8.98. The van der Waals surface area contributed by atoms with Crippen LogP contribution in [0.15, 0.2) is 65.9 Å². The molecule has 1 N–H and O–H groups in total. The number of piperidine rings is 1. The molecule has 0 radical (unpaired) electrons. The van der Waals surface area contributed by atoms with Gasteiger partial charge in [0.05, 0.1) is 7.11 Å². The zero-order valence-corrected chi connectivity index (χ0v) is 15.5. The van der Waals surface area contributed by atoms with E-state index in [4.69, 9.17) is 4.74 Å². The first kappa shape index (κ1) is 17.3. The van der Waals surface area contributed by atoms with Crippen LogP contribution in [0.2, 0.25) is 0 Å².